The highest BCUT2D eigenvalue weighted by molar-refractivity contribution is 6.07. The molecule has 1 unspecified atom stereocenters. The SMILES string of the molecule is Cc1ccc(C[C@]2(C)CC3(N=C(N)N(C)C3=O)c3cc(-c4cccc(C=N)c4)ccc3O2)cc1. The molecule has 2 heterocycles. The number of aryl methyl sites for hydroxylation is 1. The van der Waals surface area contributed by atoms with Crippen LogP contribution < -0.4 is 10.5 Å². The molecule has 6 heteroatoms. The smallest absolute Gasteiger partial charge is 0.261 e. The molecule has 1 spiro atoms. The number of carbonyl (C=O) groups is 1. The molecular formula is C28H28N4O2. The molecule has 172 valence electrons. The van der Waals surface area contributed by atoms with Crippen molar-refractivity contribution >= 4 is 18.1 Å². The van der Waals surface area contributed by atoms with Crippen LogP contribution in [-0.4, -0.2) is 35.6 Å². The van der Waals surface area contributed by atoms with E-state index in [4.69, 9.17) is 20.9 Å². The Labute approximate surface area is 199 Å². The topological polar surface area (TPSA) is 91.8 Å². The third-order valence-electron chi connectivity index (χ3n) is 6.80. The number of guanidine groups is 1. The van der Waals surface area contributed by atoms with Crippen molar-refractivity contribution in [1.82, 2.24) is 4.90 Å². The molecule has 3 aromatic rings. The maximum atomic E-state index is 13.6. The molecule has 0 saturated carbocycles. The van der Waals surface area contributed by atoms with Gasteiger partial charge in [0.25, 0.3) is 5.91 Å². The van der Waals surface area contributed by atoms with Crippen molar-refractivity contribution in [1.29, 1.82) is 5.41 Å². The summed E-state index contributed by atoms with van der Waals surface area (Å²) < 4.78 is 6.58. The molecule has 3 N–H and O–H groups in total. The predicted octanol–water partition coefficient (Wildman–Crippen LogP) is 4.43. The molecule has 1 amide bonds. The quantitative estimate of drug-likeness (QED) is 0.574. The fourth-order valence-electron chi connectivity index (χ4n) is 5.09. The molecular weight excluding hydrogens is 424 g/mol. The average molecular weight is 453 g/mol. The van der Waals surface area contributed by atoms with E-state index in [0.717, 1.165) is 27.8 Å². The Bertz CT molecular complexity index is 1330. The lowest BCUT2D eigenvalue weighted by Gasteiger charge is -2.43. The van der Waals surface area contributed by atoms with Crippen LogP contribution in [0.15, 0.2) is 71.7 Å². The van der Waals surface area contributed by atoms with E-state index in [0.29, 0.717) is 18.6 Å². The number of hydrogen-bond donors (Lipinski definition) is 2. The van der Waals surface area contributed by atoms with Crippen LogP contribution in [0.1, 0.15) is 35.6 Å². The largest absolute Gasteiger partial charge is 0.487 e. The van der Waals surface area contributed by atoms with Gasteiger partial charge in [-0.2, -0.15) is 0 Å². The number of nitrogens with zero attached hydrogens (tertiary/aromatic N) is 2. The van der Waals surface area contributed by atoms with E-state index in [1.807, 2.05) is 49.4 Å². The Morgan fingerprint density at radius 3 is 2.53 bits per heavy atom. The van der Waals surface area contributed by atoms with Crippen molar-refractivity contribution in [3.05, 3.63) is 89.0 Å². The van der Waals surface area contributed by atoms with Crippen molar-refractivity contribution in [2.24, 2.45) is 10.7 Å². The van der Waals surface area contributed by atoms with Gasteiger partial charge >= 0.3 is 0 Å². The second kappa shape index (κ2) is 7.83. The molecule has 2 atom stereocenters. The summed E-state index contributed by atoms with van der Waals surface area (Å²) in [6, 6.07) is 22.0. The molecule has 3 aromatic carbocycles. The van der Waals surface area contributed by atoms with Crippen LogP contribution in [0.4, 0.5) is 0 Å². The van der Waals surface area contributed by atoms with Crippen LogP contribution in [0.3, 0.4) is 0 Å². The van der Waals surface area contributed by atoms with Crippen molar-refractivity contribution in [3.8, 4) is 16.9 Å². The number of likely N-dealkylation sites (N-methyl/N-ethyl adjacent to an activating group) is 1. The number of aliphatic imine (C=N–C) groups is 1. The minimum atomic E-state index is -1.14. The lowest BCUT2D eigenvalue weighted by atomic mass is 9.74. The van der Waals surface area contributed by atoms with Gasteiger partial charge in [0, 0.05) is 31.7 Å². The predicted molar refractivity (Wildman–Crippen MR) is 134 cm³/mol. The van der Waals surface area contributed by atoms with Crippen molar-refractivity contribution in [2.45, 2.75) is 37.8 Å². The van der Waals surface area contributed by atoms with E-state index in [9.17, 15) is 4.79 Å². The first kappa shape index (κ1) is 21.9. The summed E-state index contributed by atoms with van der Waals surface area (Å²) in [4.78, 5) is 19.8. The molecule has 0 bridgehead atoms. The summed E-state index contributed by atoms with van der Waals surface area (Å²) in [5, 5.41) is 7.58. The van der Waals surface area contributed by atoms with Gasteiger partial charge in [0.2, 0.25) is 0 Å². The van der Waals surface area contributed by atoms with Gasteiger partial charge in [-0.25, -0.2) is 4.99 Å². The molecule has 34 heavy (non-hydrogen) atoms. The standard InChI is InChI=1S/C28H28N4O2/c1-18-7-9-19(10-8-18)15-27(2)17-28(25(33)32(3)26(30)31-28)23-14-22(11-12-24(23)34-27)21-6-4-5-20(13-21)16-29/h4-14,16,29H,15,17H2,1-3H3,(H2,30,31)/t27-,28?/m1/s1. The van der Waals surface area contributed by atoms with Gasteiger partial charge in [-0.3, -0.25) is 9.69 Å². The summed E-state index contributed by atoms with van der Waals surface area (Å²) >= 11 is 0. The van der Waals surface area contributed by atoms with Gasteiger partial charge in [-0.05, 0) is 54.3 Å². The van der Waals surface area contributed by atoms with E-state index in [2.05, 4.69) is 31.2 Å². The van der Waals surface area contributed by atoms with Crippen LogP contribution in [0.5, 0.6) is 5.75 Å². The molecule has 0 radical (unpaired) electrons. The maximum Gasteiger partial charge on any atom is 0.261 e. The van der Waals surface area contributed by atoms with Crippen LogP contribution in [0.2, 0.25) is 0 Å². The molecule has 0 saturated heterocycles. The van der Waals surface area contributed by atoms with Gasteiger partial charge in [-0.15, -0.1) is 0 Å². The number of nitrogens with two attached hydrogens (primary N) is 1. The average Bonchev–Trinajstić information content (AvgIpc) is 3.04. The highest BCUT2D eigenvalue weighted by atomic mass is 16.5. The highest BCUT2D eigenvalue weighted by Crippen LogP contribution is 2.50. The van der Waals surface area contributed by atoms with Crippen LogP contribution in [-0.2, 0) is 16.8 Å². The number of fused-ring (bicyclic) bond motifs is 2. The fraction of sp³-hybridized carbons (Fsp3) is 0.250. The number of benzene rings is 3. The van der Waals surface area contributed by atoms with Gasteiger partial charge < -0.3 is 15.9 Å². The van der Waals surface area contributed by atoms with Crippen molar-refractivity contribution < 1.29 is 9.53 Å². The molecule has 6 nitrogen and oxygen atoms in total. The molecule has 5 rings (SSSR count). The van der Waals surface area contributed by atoms with E-state index < -0.39 is 11.1 Å². The Morgan fingerprint density at radius 1 is 1.12 bits per heavy atom. The van der Waals surface area contributed by atoms with Gasteiger partial charge in [0.1, 0.15) is 11.4 Å². The minimum Gasteiger partial charge on any atom is -0.487 e. The van der Waals surface area contributed by atoms with E-state index in [1.165, 1.54) is 16.7 Å². The normalized spacial score (nSPS) is 23.4. The lowest BCUT2D eigenvalue weighted by molar-refractivity contribution is -0.133. The first-order valence-electron chi connectivity index (χ1n) is 11.4. The molecule has 2 aliphatic heterocycles. The Hall–Kier alpha value is -3.93. The molecule has 0 aliphatic carbocycles. The fourth-order valence-corrected chi connectivity index (χ4v) is 5.09. The monoisotopic (exact) mass is 452 g/mol. The molecule has 2 aliphatic rings. The van der Waals surface area contributed by atoms with Gasteiger partial charge in [0.15, 0.2) is 11.5 Å². The first-order chi connectivity index (χ1) is 16.2. The van der Waals surface area contributed by atoms with E-state index in [1.54, 1.807) is 7.05 Å². The van der Waals surface area contributed by atoms with Crippen molar-refractivity contribution in [2.75, 3.05) is 7.05 Å². The maximum absolute atomic E-state index is 13.6. The van der Waals surface area contributed by atoms with Crippen LogP contribution in [0.25, 0.3) is 11.1 Å². The summed E-state index contributed by atoms with van der Waals surface area (Å²) in [6.07, 6.45) is 2.35. The first-order valence-corrected chi connectivity index (χ1v) is 11.4. The zero-order chi connectivity index (χ0) is 24.1. The number of ether oxygens (including phenoxy) is 1. The summed E-state index contributed by atoms with van der Waals surface area (Å²) in [5.41, 5.74) is 10.2. The van der Waals surface area contributed by atoms with Crippen LogP contribution >= 0.6 is 0 Å². The van der Waals surface area contributed by atoms with E-state index in [-0.39, 0.29) is 11.9 Å². The number of amides is 1. The summed E-state index contributed by atoms with van der Waals surface area (Å²) in [6.45, 7) is 4.10. The third-order valence-corrected chi connectivity index (χ3v) is 6.80. The number of nitrogens with one attached hydrogen (secondary N) is 1. The van der Waals surface area contributed by atoms with Gasteiger partial charge in [0.05, 0.1) is 0 Å². The molecule has 0 fully saturated rings. The second-order valence-electron chi connectivity index (χ2n) is 9.57. The second-order valence-corrected chi connectivity index (χ2v) is 9.57. The van der Waals surface area contributed by atoms with E-state index >= 15 is 0 Å². The zero-order valence-corrected chi connectivity index (χ0v) is 19.6. The summed E-state index contributed by atoms with van der Waals surface area (Å²) in [7, 11) is 1.67. The Balaban J connectivity index is 1.63. The zero-order valence-electron chi connectivity index (χ0n) is 19.6. The van der Waals surface area contributed by atoms with Crippen molar-refractivity contribution in [3.63, 3.8) is 0 Å². The van der Waals surface area contributed by atoms with Gasteiger partial charge in [-0.1, -0.05) is 54.1 Å². The third kappa shape index (κ3) is 3.55. The Morgan fingerprint density at radius 2 is 1.85 bits per heavy atom. The highest BCUT2D eigenvalue weighted by Gasteiger charge is 2.56. The van der Waals surface area contributed by atoms with Crippen LogP contribution in [0, 0.1) is 12.3 Å². The number of carbonyl (C=O) groups excluding carboxylic acids is 1. The Kier molecular flexibility index (Phi) is 5.04. The lowest BCUT2D eigenvalue weighted by Crippen LogP contribution is -2.51. The number of hydrogen-bond acceptors (Lipinski definition) is 5. The molecule has 0 aromatic heterocycles. The summed E-state index contributed by atoms with van der Waals surface area (Å²) in [5.74, 6) is 0.717. The number of rotatable bonds is 4. The minimum absolute atomic E-state index is 0.143.